The average molecular weight is 349 g/mol. The normalized spacial score (nSPS) is 10.9. The number of hydrogen-bond donors (Lipinski definition) is 0. The Balaban J connectivity index is 1.99. The van der Waals surface area contributed by atoms with Crippen LogP contribution in [-0.2, 0) is 6.42 Å². The smallest absolute Gasteiger partial charge is 0.125 e. The molecule has 3 rings (SSSR count). The van der Waals surface area contributed by atoms with Gasteiger partial charge in [0.25, 0.3) is 0 Å². The van der Waals surface area contributed by atoms with Gasteiger partial charge in [0.15, 0.2) is 0 Å². The molecule has 2 aromatic heterocycles. The van der Waals surface area contributed by atoms with E-state index in [1.165, 1.54) is 5.56 Å². The van der Waals surface area contributed by atoms with Gasteiger partial charge < -0.3 is 0 Å². The molecule has 0 fully saturated rings. The van der Waals surface area contributed by atoms with E-state index in [1.54, 1.807) is 17.4 Å². The number of nitrogens with zero attached hydrogens (tertiary/aromatic N) is 2. The van der Waals surface area contributed by atoms with Gasteiger partial charge in [-0.3, -0.25) is 4.98 Å². The van der Waals surface area contributed by atoms with Crippen molar-refractivity contribution in [1.29, 1.82) is 0 Å². The van der Waals surface area contributed by atoms with E-state index in [9.17, 15) is 0 Å². The quantitative estimate of drug-likeness (QED) is 0.566. The standard InChI is InChI=1S/C17H14Cl2N2S/c1-2-3-11-6-7-20-9-13(11)17-21-16(10-22-17)12-4-5-14(18)15(19)8-12/h4-10H,2-3H2,1H3. The van der Waals surface area contributed by atoms with Gasteiger partial charge >= 0.3 is 0 Å². The van der Waals surface area contributed by atoms with Crippen molar-refractivity contribution in [3.05, 3.63) is 57.6 Å². The summed E-state index contributed by atoms with van der Waals surface area (Å²) >= 11 is 13.7. The van der Waals surface area contributed by atoms with Gasteiger partial charge in [-0.1, -0.05) is 42.6 Å². The minimum atomic E-state index is 0.543. The fourth-order valence-corrected chi connectivity index (χ4v) is 3.46. The third kappa shape index (κ3) is 3.17. The van der Waals surface area contributed by atoms with Crippen LogP contribution < -0.4 is 0 Å². The molecule has 0 radical (unpaired) electrons. The van der Waals surface area contributed by atoms with Crippen LogP contribution in [0.15, 0.2) is 42.0 Å². The van der Waals surface area contributed by atoms with Gasteiger partial charge in [-0.2, -0.15) is 0 Å². The second-order valence-electron chi connectivity index (χ2n) is 4.95. The van der Waals surface area contributed by atoms with Crippen molar-refractivity contribution in [1.82, 2.24) is 9.97 Å². The van der Waals surface area contributed by atoms with E-state index >= 15 is 0 Å². The van der Waals surface area contributed by atoms with Gasteiger partial charge in [-0.05, 0) is 30.2 Å². The molecule has 1 aromatic carbocycles. The number of thiazole rings is 1. The van der Waals surface area contributed by atoms with Crippen molar-refractivity contribution in [3.63, 3.8) is 0 Å². The summed E-state index contributed by atoms with van der Waals surface area (Å²) in [5.41, 5.74) is 4.27. The first-order valence-electron chi connectivity index (χ1n) is 7.03. The van der Waals surface area contributed by atoms with Crippen LogP contribution in [-0.4, -0.2) is 9.97 Å². The zero-order chi connectivity index (χ0) is 15.5. The molecule has 0 atom stereocenters. The van der Waals surface area contributed by atoms with Gasteiger partial charge in [0, 0.05) is 28.9 Å². The predicted octanol–water partition coefficient (Wildman–Crippen LogP) is 6.13. The van der Waals surface area contributed by atoms with Crippen LogP contribution in [0.4, 0.5) is 0 Å². The highest BCUT2D eigenvalue weighted by molar-refractivity contribution is 7.13. The largest absolute Gasteiger partial charge is 0.264 e. The molecule has 0 aliphatic rings. The van der Waals surface area contributed by atoms with E-state index in [0.717, 1.165) is 34.7 Å². The van der Waals surface area contributed by atoms with Crippen molar-refractivity contribution in [2.24, 2.45) is 0 Å². The third-order valence-corrected chi connectivity index (χ3v) is 5.00. The van der Waals surface area contributed by atoms with E-state index in [1.807, 2.05) is 29.9 Å². The van der Waals surface area contributed by atoms with Crippen molar-refractivity contribution >= 4 is 34.5 Å². The van der Waals surface area contributed by atoms with Gasteiger partial charge in [-0.15, -0.1) is 11.3 Å². The summed E-state index contributed by atoms with van der Waals surface area (Å²) in [6.45, 7) is 2.17. The molecule has 0 aliphatic heterocycles. The van der Waals surface area contributed by atoms with E-state index in [0.29, 0.717) is 10.0 Å². The monoisotopic (exact) mass is 348 g/mol. The summed E-state index contributed by atoms with van der Waals surface area (Å²) in [4.78, 5) is 8.98. The summed E-state index contributed by atoms with van der Waals surface area (Å²) in [5.74, 6) is 0. The maximum Gasteiger partial charge on any atom is 0.125 e. The Bertz CT molecular complexity index is 799. The highest BCUT2D eigenvalue weighted by atomic mass is 35.5. The first-order chi connectivity index (χ1) is 10.7. The SMILES string of the molecule is CCCc1ccncc1-c1nc(-c2ccc(Cl)c(Cl)c2)cs1. The Morgan fingerprint density at radius 1 is 1.14 bits per heavy atom. The number of benzene rings is 1. The Labute approximate surface area is 143 Å². The molecule has 112 valence electrons. The van der Waals surface area contributed by atoms with Crippen LogP contribution in [0.5, 0.6) is 0 Å². The summed E-state index contributed by atoms with van der Waals surface area (Å²) in [7, 11) is 0. The summed E-state index contributed by atoms with van der Waals surface area (Å²) in [6, 6.07) is 7.64. The molecule has 0 bridgehead atoms. The van der Waals surface area contributed by atoms with Crippen LogP contribution in [0.2, 0.25) is 10.0 Å². The van der Waals surface area contributed by atoms with Crippen LogP contribution in [0.1, 0.15) is 18.9 Å². The van der Waals surface area contributed by atoms with Gasteiger partial charge in [0.05, 0.1) is 15.7 Å². The molecule has 0 saturated carbocycles. The number of aryl methyl sites for hydroxylation is 1. The maximum atomic E-state index is 6.09. The zero-order valence-corrected chi connectivity index (χ0v) is 14.3. The Kier molecular flexibility index (Phi) is 4.77. The average Bonchev–Trinajstić information content (AvgIpc) is 3.01. The molecular weight excluding hydrogens is 335 g/mol. The molecular formula is C17H14Cl2N2S. The number of pyridine rings is 1. The number of rotatable bonds is 4. The lowest BCUT2D eigenvalue weighted by Gasteiger charge is -2.04. The third-order valence-electron chi connectivity index (χ3n) is 3.38. The maximum absolute atomic E-state index is 6.09. The summed E-state index contributed by atoms with van der Waals surface area (Å²) in [6.07, 6.45) is 5.85. The predicted molar refractivity (Wildman–Crippen MR) is 94.8 cm³/mol. The highest BCUT2D eigenvalue weighted by Crippen LogP contribution is 2.33. The van der Waals surface area contributed by atoms with E-state index in [2.05, 4.69) is 18.0 Å². The molecule has 0 spiro atoms. The van der Waals surface area contributed by atoms with E-state index in [-0.39, 0.29) is 0 Å². The first kappa shape index (κ1) is 15.5. The van der Waals surface area contributed by atoms with Gasteiger partial charge in [-0.25, -0.2) is 4.98 Å². The fraction of sp³-hybridized carbons (Fsp3) is 0.176. The van der Waals surface area contributed by atoms with Crippen LogP contribution in [0.25, 0.3) is 21.8 Å². The molecule has 2 nitrogen and oxygen atoms in total. The molecule has 0 N–H and O–H groups in total. The molecule has 3 aromatic rings. The lowest BCUT2D eigenvalue weighted by atomic mass is 10.1. The summed E-state index contributed by atoms with van der Waals surface area (Å²) in [5, 5.41) is 4.12. The minimum Gasteiger partial charge on any atom is -0.264 e. The van der Waals surface area contributed by atoms with E-state index < -0.39 is 0 Å². The van der Waals surface area contributed by atoms with E-state index in [4.69, 9.17) is 28.2 Å². The van der Waals surface area contributed by atoms with Crippen molar-refractivity contribution < 1.29 is 0 Å². The minimum absolute atomic E-state index is 0.543. The molecule has 22 heavy (non-hydrogen) atoms. The lowest BCUT2D eigenvalue weighted by Crippen LogP contribution is -1.90. The fourth-order valence-electron chi connectivity index (χ4n) is 2.29. The second kappa shape index (κ2) is 6.78. The summed E-state index contributed by atoms with van der Waals surface area (Å²) < 4.78 is 0. The highest BCUT2D eigenvalue weighted by Gasteiger charge is 2.11. The van der Waals surface area contributed by atoms with Crippen molar-refractivity contribution in [2.75, 3.05) is 0 Å². The molecule has 0 aliphatic carbocycles. The van der Waals surface area contributed by atoms with Gasteiger partial charge in [0.2, 0.25) is 0 Å². The second-order valence-corrected chi connectivity index (χ2v) is 6.62. The van der Waals surface area contributed by atoms with Crippen LogP contribution in [0, 0.1) is 0 Å². The van der Waals surface area contributed by atoms with Crippen LogP contribution in [0.3, 0.4) is 0 Å². The molecule has 2 heterocycles. The molecule has 0 saturated heterocycles. The van der Waals surface area contributed by atoms with Gasteiger partial charge in [0.1, 0.15) is 5.01 Å². The zero-order valence-electron chi connectivity index (χ0n) is 12.0. The molecule has 5 heteroatoms. The Morgan fingerprint density at radius 2 is 2.00 bits per heavy atom. The van der Waals surface area contributed by atoms with Crippen LogP contribution >= 0.6 is 34.5 Å². The number of hydrogen-bond acceptors (Lipinski definition) is 3. The number of aromatic nitrogens is 2. The first-order valence-corrected chi connectivity index (χ1v) is 8.67. The Morgan fingerprint density at radius 3 is 2.77 bits per heavy atom. The van der Waals surface area contributed by atoms with Crippen molar-refractivity contribution in [2.45, 2.75) is 19.8 Å². The number of halogens is 2. The molecule has 0 amide bonds. The van der Waals surface area contributed by atoms with Crippen molar-refractivity contribution in [3.8, 4) is 21.8 Å². The lowest BCUT2D eigenvalue weighted by molar-refractivity contribution is 0.920. The Hall–Kier alpha value is -1.42. The topological polar surface area (TPSA) is 25.8 Å². The molecule has 0 unspecified atom stereocenters.